The molecule has 0 aliphatic carbocycles. The van der Waals surface area contributed by atoms with Crippen LogP contribution in [0.2, 0.25) is 0 Å². The third kappa shape index (κ3) is 2.60. The average molecular weight is 271 g/mol. The summed E-state index contributed by atoms with van der Waals surface area (Å²) in [6, 6.07) is 8.24. The molecule has 0 atom stereocenters. The molecule has 0 unspecified atom stereocenters. The van der Waals surface area contributed by atoms with E-state index in [9.17, 15) is 18.3 Å². The highest BCUT2D eigenvalue weighted by atomic mass is 19.4. The van der Waals surface area contributed by atoms with Crippen LogP contribution in [0, 0.1) is 0 Å². The van der Waals surface area contributed by atoms with Gasteiger partial charge < -0.3 is 5.11 Å². The number of aromatic nitrogens is 3. The molecule has 7 heteroatoms. The van der Waals surface area contributed by atoms with Crippen LogP contribution in [0.4, 0.5) is 13.2 Å². The summed E-state index contributed by atoms with van der Waals surface area (Å²) in [5.41, 5.74) is -2.87. The van der Waals surface area contributed by atoms with Gasteiger partial charge in [-0.1, -0.05) is 23.4 Å². The van der Waals surface area contributed by atoms with Crippen molar-refractivity contribution in [3.63, 3.8) is 0 Å². The smallest absolute Gasteiger partial charge is 0.384 e. The molecule has 19 heavy (non-hydrogen) atoms. The van der Waals surface area contributed by atoms with Crippen LogP contribution in [-0.4, -0.2) is 20.1 Å². The van der Waals surface area contributed by atoms with E-state index in [1.54, 1.807) is 30.3 Å². The number of halogens is 3. The van der Waals surface area contributed by atoms with Gasteiger partial charge in [-0.05, 0) is 26.0 Å². The maximum Gasteiger partial charge on any atom is 0.437 e. The van der Waals surface area contributed by atoms with Crippen LogP contribution in [0.5, 0.6) is 0 Å². The number of hydrogen-bond donors (Lipinski definition) is 1. The van der Waals surface area contributed by atoms with Crippen molar-refractivity contribution in [2.45, 2.75) is 25.6 Å². The SMILES string of the molecule is CC(C)(O)c1c(C(F)(F)F)nnn1-c1ccccc1. The van der Waals surface area contributed by atoms with Gasteiger partial charge in [0.05, 0.1) is 5.69 Å². The number of hydrogen-bond acceptors (Lipinski definition) is 3. The molecule has 4 nitrogen and oxygen atoms in total. The molecule has 1 aromatic carbocycles. The van der Waals surface area contributed by atoms with Crippen molar-refractivity contribution in [1.29, 1.82) is 0 Å². The number of benzene rings is 1. The minimum Gasteiger partial charge on any atom is -0.384 e. The minimum absolute atomic E-state index is 0.383. The van der Waals surface area contributed by atoms with Crippen LogP contribution in [0.3, 0.4) is 0 Å². The monoisotopic (exact) mass is 271 g/mol. The molecule has 0 saturated carbocycles. The lowest BCUT2D eigenvalue weighted by molar-refractivity contribution is -0.144. The molecule has 1 heterocycles. The molecule has 0 amide bonds. The first kappa shape index (κ1) is 13.5. The van der Waals surface area contributed by atoms with E-state index in [0.717, 1.165) is 4.68 Å². The molecule has 0 radical (unpaired) electrons. The lowest BCUT2D eigenvalue weighted by Gasteiger charge is -2.20. The van der Waals surface area contributed by atoms with Gasteiger partial charge in [-0.3, -0.25) is 0 Å². The van der Waals surface area contributed by atoms with Gasteiger partial charge in [0.1, 0.15) is 11.3 Å². The first-order valence-electron chi connectivity index (χ1n) is 5.52. The zero-order valence-electron chi connectivity index (χ0n) is 10.3. The second-order valence-electron chi connectivity index (χ2n) is 4.59. The molecule has 1 aromatic heterocycles. The van der Waals surface area contributed by atoms with Crippen molar-refractivity contribution in [1.82, 2.24) is 15.0 Å². The van der Waals surface area contributed by atoms with Crippen LogP contribution in [0.15, 0.2) is 30.3 Å². The maximum atomic E-state index is 12.9. The first-order chi connectivity index (χ1) is 8.71. The predicted octanol–water partition coefficient (Wildman–Crippen LogP) is 2.51. The topological polar surface area (TPSA) is 50.9 Å². The second kappa shape index (κ2) is 4.34. The van der Waals surface area contributed by atoms with E-state index >= 15 is 0 Å². The Morgan fingerprint density at radius 2 is 1.68 bits per heavy atom. The van der Waals surface area contributed by atoms with Crippen molar-refractivity contribution in [2.75, 3.05) is 0 Å². The van der Waals surface area contributed by atoms with Gasteiger partial charge in [0.25, 0.3) is 0 Å². The number of para-hydroxylation sites is 1. The van der Waals surface area contributed by atoms with Crippen LogP contribution in [0.1, 0.15) is 25.2 Å². The Hall–Kier alpha value is -1.89. The Labute approximate surface area is 107 Å². The zero-order chi connectivity index (χ0) is 14.3. The van der Waals surface area contributed by atoms with Gasteiger partial charge in [0, 0.05) is 0 Å². The summed E-state index contributed by atoms with van der Waals surface area (Å²) in [6.07, 6.45) is -4.66. The highest BCUT2D eigenvalue weighted by Crippen LogP contribution is 2.35. The molecule has 1 N–H and O–H groups in total. The summed E-state index contributed by atoms with van der Waals surface area (Å²) < 4.78 is 39.6. The number of alkyl halides is 3. The summed E-state index contributed by atoms with van der Waals surface area (Å²) in [5.74, 6) is 0. The third-order valence-electron chi connectivity index (χ3n) is 2.52. The lowest BCUT2D eigenvalue weighted by Crippen LogP contribution is -2.25. The molecule has 0 spiro atoms. The van der Waals surface area contributed by atoms with Crippen LogP contribution >= 0.6 is 0 Å². The molecule has 2 aromatic rings. The van der Waals surface area contributed by atoms with E-state index in [4.69, 9.17) is 0 Å². The Morgan fingerprint density at radius 1 is 1.11 bits per heavy atom. The highest BCUT2D eigenvalue weighted by Gasteiger charge is 2.43. The molecule has 102 valence electrons. The zero-order valence-corrected chi connectivity index (χ0v) is 10.3. The molecular weight excluding hydrogens is 259 g/mol. The summed E-state index contributed by atoms with van der Waals surface area (Å²) >= 11 is 0. The van der Waals surface area contributed by atoms with Gasteiger partial charge in [-0.25, -0.2) is 4.68 Å². The van der Waals surface area contributed by atoms with Crippen molar-refractivity contribution in [2.24, 2.45) is 0 Å². The van der Waals surface area contributed by atoms with Crippen molar-refractivity contribution >= 4 is 0 Å². The van der Waals surface area contributed by atoms with Crippen LogP contribution in [0.25, 0.3) is 5.69 Å². The molecule has 0 bridgehead atoms. The van der Waals surface area contributed by atoms with Gasteiger partial charge in [-0.2, -0.15) is 13.2 Å². The van der Waals surface area contributed by atoms with E-state index in [2.05, 4.69) is 10.3 Å². The van der Waals surface area contributed by atoms with Crippen molar-refractivity contribution < 1.29 is 18.3 Å². The van der Waals surface area contributed by atoms with Crippen molar-refractivity contribution in [3.05, 3.63) is 41.7 Å². The Balaban J connectivity index is 2.68. The fourth-order valence-corrected chi connectivity index (χ4v) is 1.77. The van der Waals surface area contributed by atoms with Crippen LogP contribution < -0.4 is 0 Å². The number of nitrogens with zero attached hydrogens (tertiary/aromatic N) is 3. The van der Waals surface area contributed by atoms with E-state index in [1.165, 1.54) is 13.8 Å². The van der Waals surface area contributed by atoms with E-state index in [-0.39, 0.29) is 5.69 Å². The summed E-state index contributed by atoms with van der Waals surface area (Å²) in [5, 5.41) is 16.6. The normalized spacial score (nSPS) is 12.7. The lowest BCUT2D eigenvalue weighted by atomic mass is 10.0. The maximum absolute atomic E-state index is 12.9. The molecule has 0 aliphatic rings. The van der Waals surface area contributed by atoms with E-state index in [0.29, 0.717) is 5.69 Å². The average Bonchev–Trinajstić information content (AvgIpc) is 2.74. The van der Waals surface area contributed by atoms with E-state index in [1.807, 2.05) is 0 Å². The second-order valence-corrected chi connectivity index (χ2v) is 4.59. The molecular formula is C12H12F3N3O. The molecule has 0 aliphatic heterocycles. The number of rotatable bonds is 2. The highest BCUT2D eigenvalue weighted by molar-refractivity contribution is 5.35. The van der Waals surface area contributed by atoms with Gasteiger partial charge >= 0.3 is 6.18 Å². The minimum atomic E-state index is -4.66. The fourth-order valence-electron chi connectivity index (χ4n) is 1.77. The van der Waals surface area contributed by atoms with E-state index < -0.39 is 17.5 Å². The van der Waals surface area contributed by atoms with Crippen molar-refractivity contribution in [3.8, 4) is 5.69 Å². The van der Waals surface area contributed by atoms with Gasteiger partial charge in [0.15, 0.2) is 5.69 Å². The Morgan fingerprint density at radius 3 is 2.16 bits per heavy atom. The standard InChI is InChI=1S/C12H12F3N3O/c1-11(2,19)10-9(12(13,14)15)16-17-18(10)8-6-4-3-5-7-8/h3-7,19H,1-2H3. The third-order valence-corrected chi connectivity index (χ3v) is 2.52. The summed E-state index contributed by atoms with van der Waals surface area (Å²) in [7, 11) is 0. The molecule has 2 rings (SSSR count). The Bertz CT molecular complexity index is 570. The first-order valence-corrected chi connectivity index (χ1v) is 5.52. The Kier molecular flexibility index (Phi) is 3.09. The fraction of sp³-hybridized carbons (Fsp3) is 0.333. The summed E-state index contributed by atoms with van der Waals surface area (Å²) in [4.78, 5) is 0. The summed E-state index contributed by atoms with van der Waals surface area (Å²) in [6.45, 7) is 2.53. The number of aliphatic hydroxyl groups is 1. The predicted molar refractivity (Wildman–Crippen MR) is 61.6 cm³/mol. The largest absolute Gasteiger partial charge is 0.437 e. The molecule has 0 fully saturated rings. The quantitative estimate of drug-likeness (QED) is 0.913. The van der Waals surface area contributed by atoms with Crippen LogP contribution in [-0.2, 0) is 11.8 Å². The van der Waals surface area contributed by atoms with Gasteiger partial charge in [0.2, 0.25) is 0 Å². The van der Waals surface area contributed by atoms with Gasteiger partial charge in [-0.15, -0.1) is 5.10 Å². The molecule has 0 saturated heterocycles.